The molecule has 0 saturated heterocycles. The zero-order valence-corrected chi connectivity index (χ0v) is 16.6. The van der Waals surface area contributed by atoms with Crippen LogP contribution in [0.3, 0.4) is 0 Å². The van der Waals surface area contributed by atoms with Crippen LogP contribution in [0, 0.1) is 6.92 Å². The Labute approximate surface area is 152 Å². The molecule has 0 saturated carbocycles. The molecule has 140 valence electrons. The smallest absolute Gasteiger partial charge is 0.347 e. The van der Waals surface area contributed by atoms with E-state index in [0.29, 0.717) is 18.1 Å². The first-order chi connectivity index (χ1) is 11.7. The first kappa shape index (κ1) is 21.5. The maximum atomic E-state index is 13.0. The van der Waals surface area contributed by atoms with Crippen LogP contribution >= 0.6 is 0 Å². The molecule has 0 aliphatic carbocycles. The molecule has 1 unspecified atom stereocenters. The SMILES string of the molecule is CCOC(/C=C(/C(=O)OC(C)(C)C)S(=O)c1ccc(C)cc1)OCC. The number of esters is 1. The Hall–Kier alpha value is -1.50. The maximum absolute atomic E-state index is 13.0. The van der Waals surface area contributed by atoms with Crippen molar-refractivity contribution in [3.05, 3.63) is 40.8 Å². The van der Waals surface area contributed by atoms with E-state index < -0.39 is 28.7 Å². The van der Waals surface area contributed by atoms with Crippen molar-refractivity contribution in [1.29, 1.82) is 0 Å². The predicted molar refractivity (Wildman–Crippen MR) is 98.6 cm³/mol. The van der Waals surface area contributed by atoms with E-state index in [1.807, 2.05) is 32.9 Å². The minimum absolute atomic E-state index is 0.0191. The van der Waals surface area contributed by atoms with Gasteiger partial charge in [-0.15, -0.1) is 0 Å². The molecule has 1 atom stereocenters. The van der Waals surface area contributed by atoms with E-state index in [9.17, 15) is 9.00 Å². The Morgan fingerprint density at radius 2 is 1.64 bits per heavy atom. The highest BCUT2D eigenvalue weighted by atomic mass is 32.2. The van der Waals surface area contributed by atoms with Crippen LogP contribution in [0.2, 0.25) is 0 Å². The summed E-state index contributed by atoms with van der Waals surface area (Å²) in [4.78, 5) is 13.1. The molecule has 1 aromatic rings. The van der Waals surface area contributed by atoms with E-state index in [1.54, 1.807) is 32.9 Å². The van der Waals surface area contributed by atoms with Gasteiger partial charge in [0, 0.05) is 18.1 Å². The number of rotatable bonds is 8. The number of aryl methyl sites for hydroxylation is 1. The normalized spacial score (nSPS) is 13.8. The van der Waals surface area contributed by atoms with Gasteiger partial charge in [0.1, 0.15) is 10.5 Å². The van der Waals surface area contributed by atoms with Crippen LogP contribution < -0.4 is 0 Å². The number of benzene rings is 1. The Balaban J connectivity index is 3.23. The van der Waals surface area contributed by atoms with Crippen molar-refractivity contribution in [2.75, 3.05) is 13.2 Å². The lowest BCUT2D eigenvalue weighted by Crippen LogP contribution is -2.27. The van der Waals surface area contributed by atoms with Crippen molar-refractivity contribution in [3.63, 3.8) is 0 Å². The molecule has 1 rings (SSSR count). The molecular weight excluding hydrogens is 340 g/mol. The number of ether oxygens (including phenoxy) is 3. The number of hydrogen-bond donors (Lipinski definition) is 0. The van der Waals surface area contributed by atoms with Crippen molar-refractivity contribution < 1.29 is 23.2 Å². The van der Waals surface area contributed by atoms with Crippen LogP contribution in [0.15, 0.2) is 40.1 Å². The van der Waals surface area contributed by atoms with E-state index in [4.69, 9.17) is 14.2 Å². The lowest BCUT2D eigenvalue weighted by atomic mass is 10.2. The Morgan fingerprint density at radius 1 is 1.12 bits per heavy atom. The fourth-order valence-corrected chi connectivity index (χ4v) is 2.98. The Kier molecular flexibility index (Phi) is 8.48. The van der Waals surface area contributed by atoms with Crippen molar-refractivity contribution >= 4 is 16.8 Å². The standard InChI is InChI=1S/C19H28O5S/c1-7-22-17(23-8-2)13-16(18(20)24-19(4,5)6)25(21)15-11-9-14(3)10-12-15/h9-13,17H,7-8H2,1-6H3/b16-13-. The van der Waals surface area contributed by atoms with Gasteiger partial charge < -0.3 is 14.2 Å². The predicted octanol–water partition coefficient (Wildman–Crippen LogP) is 3.73. The lowest BCUT2D eigenvalue weighted by molar-refractivity contribution is -0.149. The number of carbonyl (C=O) groups is 1. The van der Waals surface area contributed by atoms with Gasteiger partial charge in [-0.05, 0) is 59.8 Å². The third kappa shape index (κ3) is 7.50. The molecule has 1 aromatic carbocycles. The molecule has 0 fully saturated rings. The molecule has 0 aliphatic rings. The van der Waals surface area contributed by atoms with Gasteiger partial charge in [0.05, 0.1) is 10.8 Å². The summed E-state index contributed by atoms with van der Waals surface area (Å²) in [5.41, 5.74) is 0.352. The van der Waals surface area contributed by atoms with Crippen LogP contribution in [0.1, 0.15) is 40.2 Å². The summed E-state index contributed by atoms with van der Waals surface area (Å²) in [5, 5.41) is 0. The highest BCUT2D eigenvalue weighted by Crippen LogP contribution is 2.21. The molecule has 0 aliphatic heterocycles. The van der Waals surface area contributed by atoms with Gasteiger partial charge in [-0.25, -0.2) is 9.00 Å². The van der Waals surface area contributed by atoms with Gasteiger partial charge in [-0.3, -0.25) is 0 Å². The van der Waals surface area contributed by atoms with E-state index in [0.717, 1.165) is 5.56 Å². The van der Waals surface area contributed by atoms with Crippen LogP contribution in [0.5, 0.6) is 0 Å². The van der Waals surface area contributed by atoms with Crippen LogP contribution in [0.25, 0.3) is 0 Å². The molecule has 0 N–H and O–H groups in total. The molecular formula is C19H28O5S. The van der Waals surface area contributed by atoms with Crippen molar-refractivity contribution in [1.82, 2.24) is 0 Å². The zero-order chi connectivity index (χ0) is 19.0. The Bertz CT molecular complexity index is 608. The summed E-state index contributed by atoms with van der Waals surface area (Å²) in [6.07, 6.45) is 0.684. The first-order valence-electron chi connectivity index (χ1n) is 8.34. The molecule has 0 amide bonds. The van der Waals surface area contributed by atoms with Gasteiger partial charge in [0.15, 0.2) is 6.29 Å². The number of carbonyl (C=O) groups excluding carboxylic acids is 1. The summed E-state index contributed by atoms with van der Waals surface area (Å²) in [5.74, 6) is -0.643. The molecule has 25 heavy (non-hydrogen) atoms. The number of hydrogen-bond acceptors (Lipinski definition) is 5. The monoisotopic (exact) mass is 368 g/mol. The summed E-state index contributed by atoms with van der Waals surface area (Å²) in [7, 11) is -1.70. The third-order valence-corrected chi connectivity index (χ3v) is 4.39. The molecule has 5 nitrogen and oxygen atoms in total. The summed E-state index contributed by atoms with van der Waals surface area (Å²) < 4.78 is 29.3. The van der Waals surface area contributed by atoms with Crippen LogP contribution in [-0.4, -0.2) is 35.3 Å². The highest BCUT2D eigenvalue weighted by Gasteiger charge is 2.26. The molecule has 0 radical (unpaired) electrons. The second-order valence-electron chi connectivity index (χ2n) is 6.39. The minimum Gasteiger partial charge on any atom is -0.456 e. The lowest BCUT2D eigenvalue weighted by Gasteiger charge is -2.21. The van der Waals surface area contributed by atoms with E-state index >= 15 is 0 Å². The van der Waals surface area contributed by atoms with Crippen molar-refractivity contribution in [3.8, 4) is 0 Å². The minimum atomic E-state index is -1.70. The molecule has 0 aromatic heterocycles. The van der Waals surface area contributed by atoms with Gasteiger partial charge >= 0.3 is 5.97 Å². The van der Waals surface area contributed by atoms with Gasteiger partial charge in [0.2, 0.25) is 0 Å². The fraction of sp³-hybridized carbons (Fsp3) is 0.526. The highest BCUT2D eigenvalue weighted by molar-refractivity contribution is 7.90. The summed E-state index contributed by atoms with van der Waals surface area (Å²) >= 11 is 0. The molecule has 0 bridgehead atoms. The van der Waals surface area contributed by atoms with Gasteiger partial charge in [0.25, 0.3) is 0 Å². The topological polar surface area (TPSA) is 61.8 Å². The average molecular weight is 368 g/mol. The van der Waals surface area contributed by atoms with Gasteiger partial charge in [-0.2, -0.15) is 0 Å². The summed E-state index contributed by atoms with van der Waals surface area (Å²) in [6.45, 7) is 11.7. The van der Waals surface area contributed by atoms with Crippen LogP contribution in [0.4, 0.5) is 0 Å². The van der Waals surface area contributed by atoms with E-state index in [1.165, 1.54) is 6.08 Å². The zero-order valence-electron chi connectivity index (χ0n) is 15.8. The first-order valence-corrected chi connectivity index (χ1v) is 9.49. The fourth-order valence-electron chi connectivity index (χ4n) is 1.92. The summed E-state index contributed by atoms with van der Waals surface area (Å²) in [6, 6.07) is 7.17. The van der Waals surface area contributed by atoms with Gasteiger partial charge in [-0.1, -0.05) is 17.7 Å². The van der Waals surface area contributed by atoms with Crippen LogP contribution in [-0.2, 0) is 29.8 Å². The van der Waals surface area contributed by atoms with Crippen molar-refractivity contribution in [2.24, 2.45) is 0 Å². The second-order valence-corrected chi connectivity index (χ2v) is 7.84. The largest absolute Gasteiger partial charge is 0.456 e. The molecule has 0 heterocycles. The third-order valence-electron chi connectivity index (χ3n) is 2.98. The van der Waals surface area contributed by atoms with E-state index in [2.05, 4.69) is 0 Å². The second kappa shape index (κ2) is 9.85. The van der Waals surface area contributed by atoms with E-state index in [-0.39, 0.29) is 4.91 Å². The average Bonchev–Trinajstić information content (AvgIpc) is 2.51. The Morgan fingerprint density at radius 3 is 2.08 bits per heavy atom. The maximum Gasteiger partial charge on any atom is 0.347 e. The molecule has 6 heteroatoms. The van der Waals surface area contributed by atoms with Crippen molar-refractivity contribution in [2.45, 2.75) is 58.3 Å². The quantitative estimate of drug-likeness (QED) is 0.397. The molecule has 0 spiro atoms.